The van der Waals surface area contributed by atoms with Crippen LogP contribution in [0.3, 0.4) is 0 Å². The Bertz CT molecular complexity index is 170. The molecule has 0 aromatic rings. The number of likely N-dealkylation sites (tertiary alicyclic amines) is 1. The molecule has 1 aliphatic heterocycles. The van der Waals surface area contributed by atoms with Gasteiger partial charge in [0.25, 0.3) is 0 Å². The van der Waals surface area contributed by atoms with Gasteiger partial charge in [0.2, 0.25) is 5.91 Å². The summed E-state index contributed by atoms with van der Waals surface area (Å²) in [7, 11) is 2.12. The van der Waals surface area contributed by atoms with Crippen LogP contribution in [-0.4, -0.2) is 48.4 Å². The molecule has 1 atom stereocenters. The standard InChI is InChI=1S/C9H18N2O/c1-4-10(3)9-5-6-11(7-9)8(2)12/h9H,4-7H2,1-3H3/t9-/m0/s1. The summed E-state index contributed by atoms with van der Waals surface area (Å²) in [6.45, 7) is 6.71. The predicted octanol–water partition coefficient (Wildman–Crippen LogP) is 0.559. The zero-order chi connectivity index (χ0) is 9.14. The van der Waals surface area contributed by atoms with E-state index in [0.29, 0.717) is 6.04 Å². The lowest BCUT2D eigenvalue weighted by atomic mass is 10.2. The Morgan fingerprint density at radius 2 is 2.33 bits per heavy atom. The number of nitrogens with zero attached hydrogens (tertiary/aromatic N) is 2. The van der Waals surface area contributed by atoms with Crippen LogP contribution in [0.2, 0.25) is 0 Å². The maximum Gasteiger partial charge on any atom is 0.219 e. The van der Waals surface area contributed by atoms with Gasteiger partial charge in [0.15, 0.2) is 0 Å². The highest BCUT2D eigenvalue weighted by Crippen LogP contribution is 2.13. The van der Waals surface area contributed by atoms with E-state index in [0.717, 1.165) is 26.1 Å². The topological polar surface area (TPSA) is 23.6 Å². The SMILES string of the molecule is CCN(C)[C@H]1CCN(C(C)=O)C1. The molecule has 1 amide bonds. The van der Waals surface area contributed by atoms with E-state index in [1.54, 1.807) is 6.92 Å². The second-order valence-corrected chi connectivity index (χ2v) is 3.48. The first-order valence-electron chi connectivity index (χ1n) is 4.61. The first-order valence-corrected chi connectivity index (χ1v) is 4.61. The largest absolute Gasteiger partial charge is 0.341 e. The van der Waals surface area contributed by atoms with Gasteiger partial charge < -0.3 is 9.80 Å². The Labute approximate surface area is 74.3 Å². The van der Waals surface area contributed by atoms with Crippen molar-refractivity contribution < 1.29 is 4.79 Å². The summed E-state index contributed by atoms with van der Waals surface area (Å²) >= 11 is 0. The fourth-order valence-electron chi connectivity index (χ4n) is 1.65. The third-order valence-corrected chi connectivity index (χ3v) is 2.73. The fourth-order valence-corrected chi connectivity index (χ4v) is 1.65. The van der Waals surface area contributed by atoms with Gasteiger partial charge in [0, 0.05) is 26.1 Å². The number of hydrogen-bond acceptors (Lipinski definition) is 2. The number of carbonyl (C=O) groups excluding carboxylic acids is 1. The van der Waals surface area contributed by atoms with Crippen LogP contribution in [0.1, 0.15) is 20.3 Å². The highest BCUT2D eigenvalue weighted by molar-refractivity contribution is 5.73. The zero-order valence-electron chi connectivity index (χ0n) is 8.21. The highest BCUT2D eigenvalue weighted by atomic mass is 16.2. The molecular formula is C9H18N2O. The normalized spacial score (nSPS) is 23.7. The molecule has 1 rings (SSSR count). The molecule has 0 unspecified atom stereocenters. The van der Waals surface area contributed by atoms with Crippen molar-refractivity contribution in [2.24, 2.45) is 0 Å². The van der Waals surface area contributed by atoms with E-state index in [9.17, 15) is 4.79 Å². The number of rotatable bonds is 2. The first kappa shape index (κ1) is 9.52. The van der Waals surface area contributed by atoms with Crippen molar-refractivity contribution in [3.8, 4) is 0 Å². The summed E-state index contributed by atoms with van der Waals surface area (Å²) in [4.78, 5) is 15.2. The summed E-state index contributed by atoms with van der Waals surface area (Å²) in [6, 6.07) is 0.582. The Morgan fingerprint density at radius 3 is 2.75 bits per heavy atom. The van der Waals surface area contributed by atoms with Crippen LogP contribution in [0.15, 0.2) is 0 Å². The molecule has 70 valence electrons. The molecule has 12 heavy (non-hydrogen) atoms. The summed E-state index contributed by atoms with van der Waals surface area (Å²) in [5.74, 6) is 0.210. The Balaban J connectivity index is 2.40. The number of likely N-dealkylation sites (N-methyl/N-ethyl adjacent to an activating group) is 1. The van der Waals surface area contributed by atoms with Crippen molar-refractivity contribution in [1.82, 2.24) is 9.80 Å². The lowest BCUT2D eigenvalue weighted by Crippen LogP contribution is -2.35. The molecule has 1 heterocycles. The molecule has 0 spiro atoms. The minimum atomic E-state index is 0.210. The predicted molar refractivity (Wildman–Crippen MR) is 49.0 cm³/mol. The van der Waals surface area contributed by atoms with E-state index in [2.05, 4.69) is 18.9 Å². The van der Waals surface area contributed by atoms with Crippen LogP contribution in [0, 0.1) is 0 Å². The van der Waals surface area contributed by atoms with Gasteiger partial charge in [-0.15, -0.1) is 0 Å². The van der Waals surface area contributed by atoms with Gasteiger partial charge in [0.1, 0.15) is 0 Å². The molecule has 0 aromatic heterocycles. The monoisotopic (exact) mass is 170 g/mol. The minimum absolute atomic E-state index is 0.210. The Kier molecular flexibility index (Phi) is 3.09. The van der Waals surface area contributed by atoms with E-state index >= 15 is 0 Å². The van der Waals surface area contributed by atoms with Crippen LogP contribution in [0.5, 0.6) is 0 Å². The molecule has 0 aromatic carbocycles. The van der Waals surface area contributed by atoms with E-state index < -0.39 is 0 Å². The van der Waals surface area contributed by atoms with Gasteiger partial charge in [-0.25, -0.2) is 0 Å². The van der Waals surface area contributed by atoms with Crippen molar-refractivity contribution in [3.05, 3.63) is 0 Å². The van der Waals surface area contributed by atoms with E-state index in [1.165, 1.54) is 0 Å². The molecule has 0 aliphatic carbocycles. The molecule has 3 heteroatoms. The van der Waals surface area contributed by atoms with Gasteiger partial charge in [0.05, 0.1) is 0 Å². The Hall–Kier alpha value is -0.570. The summed E-state index contributed by atoms with van der Waals surface area (Å²) in [5, 5.41) is 0. The average molecular weight is 170 g/mol. The molecule has 3 nitrogen and oxygen atoms in total. The van der Waals surface area contributed by atoms with Crippen LogP contribution in [0.25, 0.3) is 0 Å². The average Bonchev–Trinajstić information content (AvgIpc) is 2.51. The molecule has 1 fully saturated rings. The summed E-state index contributed by atoms with van der Waals surface area (Å²) in [6.07, 6.45) is 1.13. The van der Waals surface area contributed by atoms with Gasteiger partial charge in [-0.1, -0.05) is 6.92 Å². The first-order chi connectivity index (χ1) is 5.65. The third-order valence-electron chi connectivity index (χ3n) is 2.73. The molecule has 0 saturated carbocycles. The van der Waals surface area contributed by atoms with Crippen LogP contribution in [-0.2, 0) is 4.79 Å². The van der Waals surface area contributed by atoms with E-state index in [1.807, 2.05) is 4.90 Å². The Morgan fingerprint density at radius 1 is 1.67 bits per heavy atom. The zero-order valence-corrected chi connectivity index (χ0v) is 8.21. The maximum absolute atomic E-state index is 11.0. The smallest absolute Gasteiger partial charge is 0.219 e. The molecule has 1 saturated heterocycles. The molecule has 1 aliphatic rings. The van der Waals surface area contributed by atoms with Gasteiger partial charge in [-0.2, -0.15) is 0 Å². The van der Waals surface area contributed by atoms with Gasteiger partial charge in [-0.05, 0) is 20.0 Å². The van der Waals surface area contributed by atoms with Gasteiger partial charge >= 0.3 is 0 Å². The van der Waals surface area contributed by atoms with Gasteiger partial charge in [-0.3, -0.25) is 4.79 Å². The van der Waals surface area contributed by atoms with Crippen molar-refractivity contribution >= 4 is 5.91 Å². The molecule has 0 radical (unpaired) electrons. The molecule has 0 bridgehead atoms. The van der Waals surface area contributed by atoms with E-state index in [-0.39, 0.29) is 5.91 Å². The second kappa shape index (κ2) is 3.90. The molecule has 0 N–H and O–H groups in total. The van der Waals surface area contributed by atoms with Crippen LogP contribution < -0.4 is 0 Å². The van der Waals surface area contributed by atoms with E-state index in [4.69, 9.17) is 0 Å². The van der Waals surface area contributed by atoms with Crippen LogP contribution in [0.4, 0.5) is 0 Å². The summed E-state index contributed by atoms with van der Waals surface area (Å²) < 4.78 is 0. The lowest BCUT2D eigenvalue weighted by Gasteiger charge is -2.22. The second-order valence-electron chi connectivity index (χ2n) is 3.48. The maximum atomic E-state index is 11.0. The summed E-state index contributed by atoms with van der Waals surface area (Å²) in [5.41, 5.74) is 0. The number of hydrogen-bond donors (Lipinski definition) is 0. The third kappa shape index (κ3) is 1.97. The molecular weight excluding hydrogens is 152 g/mol. The quantitative estimate of drug-likeness (QED) is 0.604. The lowest BCUT2D eigenvalue weighted by molar-refractivity contribution is -0.127. The van der Waals surface area contributed by atoms with Crippen molar-refractivity contribution in [3.63, 3.8) is 0 Å². The number of amides is 1. The fraction of sp³-hybridized carbons (Fsp3) is 0.889. The number of carbonyl (C=O) groups is 1. The highest BCUT2D eigenvalue weighted by Gasteiger charge is 2.25. The van der Waals surface area contributed by atoms with Crippen molar-refractivity contribution in [2.45, 2.75) is 26.3 Å². The van der Waals surface area contributed by atoms with Crippen molar-refractivity contribution in [1.29, 1.82) is 0 Å². The van der Waals surface area contributed by atoms with Crippen molar-refractivity contribution in [2.75, 3.05) is 26.7 Å². The van der Waals surface area contributed by atoms with Crippen LogP contribution >= 0.6 is 0 Å². The minimum Gasteiger partial charge on any atom is -0.341 e.